The number of benzene rings is 1. The number of aliphatic hydroxyl groups is 1. The molecule has 2 aromatic rings. The molecular formula is C21H27N5O3. The first-order valence-electron chi connectivity index (χ1n) is 10.1. The molecule has 3 amide bonds. The van der Waals surface area contributed by atoms with E-state index in [2.05, 4.69) is 10.4 Å². The number of aryl methyl sites for hydroxylation is 2. The fourth-order valence-electron chi connectivity index (χ4n) is 4.24. The summed E-state index contributed by atoms with van der Waals surface area (Å²) in [5, 5.41) is 17.1. The molecule has 154 valence electrons. The molecule has 1 aromatic carbocycles. The minimum absolute atomic E-state index is 0.0219. The van der Waals surface area contributed by atoms with Crippen molar-refractivity contribution in [2.45, 2.75) is 52.4 Å². The van der Waals surface area contributed by atoms with Crippen molar-refractivity contribution in [2.24, 2.45) is 0 Å². The van der Waals surface area contributed by atoms with Gasteiger partial charge in [-0.3, -0.25) is 9.48 Å². The highest BCUT2D eigenvalue weighted by molar-refractivity contribution is 5.96. The number of amides is 3. The number of hydrogen-bond acceptors (Lipinski definition) is 4. The van der Waals surface area contributed by atoms with Crippen LogP contribution >= 0.6 is 0 Å². The van der Waals surface area contributed by atoms with Crippen LogP contribution < -0.4 is 10.2 Å². The summed E-state index contributed by atoms with van der Waals surface area (Å²) in [5.74, 6) is 0.0219. The van der Waals surface area contributed by atoms with Gasteiger partial charge >= 0.3 is 6.03 Å². The molecule has 2 aliphatic heterocycles. The van der Waals surface area contributed by atoms with Crippen molar-refractivity contribution in [3.05, 3.63) is 46.8 Å². The molecule has 3 heterocycles. The monoisotopic (exact) mass is 397 g/mol. The SMILES string of the molecule is CCn1nc(CO)c2c1CCN(C(=O)N[C@@H]1CC(=O)N(c3cccc(C)c3)C1)C2. The number of hydrogen-bond donors (Lipinski definition) is 2. The van der Waals surface area contributed by atoms with Crippen LogP contribution in [-0.4, -0.2) is 50.9 Å². The Kier molecular flexibility index (Phi) is 5.27. The van der Waals surface area contributed by atoms with Gasteiger partial charge in [0.2, 0.25) is 5.91 Å². The normalized spacial score (nSPS) is 18.9. The van der Waals surface area contributed by atoms with Crippen LogP contribution in [0.4, 0.5) is 10.5 Å². The molecule has 0 aliphatic carbocycles. The van der Waals surface area contributed by atoms with Gasteiger partial charge in [-0.05, 0) is 31.5 Å². The highest BCUT2D eigenvalue weighted by Gasteiger charge is 2.34. The fourth-order valence-corrected chi connectivity index (χ4v) is 4.24. The summed E-state index contributed by atoms with van der Waals surface area (Å²) >= 11 is 0. The number of carbonyl (C=O) groups is 2. The molecule has 0 bridgehead atoms. The zero-order valence-electron chi connectivity index (χ0n) is 16.9. The lowest BCUT2D eigenvalue weighted by molar-refractivity contribution is -0.117. The van der Waals surface area contributed by atoms with Crippen molar-refractivity contribution in [1.82, 2.24) is 20.0 Å². The second-order valence-corrected chi connectivity index (χ2v) is 7.71. The predicted molar refractivity (Wildman–Crippen MR) is 108 cm³/mol. The Morgan fingerprint density at radius 2 is 2.21 bits per heavy atom. The Labute approximate surface area is 170 Å². The molecule has 1 fully saturated rings. The zero-order chi connectivity index (χ0) is 20.5. The van der Waals surface area contributed by atoms with Crippen LogP contribution in [0.15, 0.2) is 24.3 Å². The van der Waals surface area contributed by atoms with Crippen LogP contribution in [-0.2, 0) is 30.9 Å². The number of nitrogens with one attached hydrogen (secondary N) is 1. The smallest absolute Gasteiger partial charge is 0.318 e. The lowest BCUT2D eigenvalue weighted by atomic mass is 10.1. The van der Waals surface area contributed by atoms with Crippen molar-refractivity contribution in [2.75, 3.05) is 18.0 Å². The molecular weight excluding hydrogens is 370 g/mol. The van der Waals surface area contributed by atoms with Gasteiger partial charge in [0, 0.05) is 49.4 Å². The first-order valence-corrected chi connectivity index (χ1v) is 10.1. The van der Waals surface area contributed by atoms with Gasteiger partial charge in [-0.2, -0.15) is 5.10 Å². The standard InChI is InChI=1S/C21H27N5O3/c1-3-26-19-7-8-24(12-17(19)18(13-27)23-26)21(29)22-15-10-20(28)25(11-15)16-6-4-5-14(2)9-16/h4-6,9,15,27H,3,7-8,10-13H2,1-2H3,(H,22,29)/t15-/m1/s1. The third-order valence-electron chi connectivity index (χ3n) is 5.72. The van der Waals surface area contributed by atoms with E-state index in [1.165, 1.54) is 0 Å². The number of fused-ring (bicyclic) bond motifs is 1. The number of carbonyl (C=O) groups excluding carboxylic acids is 2. The third kappa shape index (κ3) is 3.72. The molecule has 29 heavy (non-hydrogen) atoms. The largest absolute Gasteiger partial charge is 0.390 e. The summed E-state index contributed by atoms with van der Waals surface area (Å²) in [5.41, 5.74) is 4.65. The average Bonchev–Trinajstić information content (AvgIpc) is 3.27. The molecule has 8 heteroatoms. The number of aromatic nitrogens is 2. The van der Waals surface area contributed by atoms with Crippen molar-refractivity contribution in [3.8, 4) is 0 Å². The van der Waals surface area contributed by atoms with Gasteiger partial charge in [-0.1, -0.05) is 12.1 Å². The zero-order valence-corrected chi connectivity index (χ0v) is 16.9. The minimum atomic E-state index is -0.215. The Balaban J connectivity index is 1.42. The van der Waals surface area contributed by atoms with Crippen molar-refractivity contribution < 1.29 is 14.7 Å². The molecule has 0 spiro atoms. The molecule has 0 radical (unpaired) electrons. The van der Waals surface area contributed by atoms with E-state index in [9.17, 15) is 14.7 Å². The third-order valence-corrected chi connectivity index (χ3v) is 5.72. The van der Waals surface area contributed by atoms with Gasteiger partial charge < -0.3 is 20.2 Å². The second-order valence-electron chi connectivity index (χ2n) is 7.71. The van der Waals surface area contributed by atoms with E-state index >= 15 is 0 Å². The molecule has 8 nitrogen and oxygen atoms in total. The highest BCUT2D eigenvalue weighted by atomic mass is 16.3. The van der Waals surface area contributed by atoms with Gasteiger partial charge in [0.1, 0.15) is 0 Å². The van der Waals surface area contributed by atoms with Crippen LogP contribution in [0.2, 0.25) is 0 Å². The Hall–Kier alpha value is -2.87. The maximum atomic E-state index is 12.8. The minimum Gasteiger partial charge on any atom is -0.390 e. The quantitative estimate of drug-likeness (QED) is 0.820. The Bertz CT molecular complexity index is 938. The van der Waals surface area contributed by atoms with Gasteiger partial charge in [0.25, 0.3) is 0 Å². The average molecular weight is 397 g/mol. The second kappa shape index (κ2) is 7.87. The molecule has 0 saturated carbocycles. The number of aliphatic hydroxyl groups excluding tert-OH is 1. The van der Waals surface area contributed by atoms with Crippen LogP contribution in [0.5, 0.6) is 0 Å². The van der Waals surface area contributed by atoms with Gasteiger partial charge in [0.15, 0.2) is 0 Å². The molecule has 4 rings (SSSR count). The summed E-state index contributed by atoms with van der Waals surface area (Å²) in [7, 11) is 0. The van der Waals surface area contributed by atoms with E-state index in [0.717, 1.165) is 29.1 Å². The number of urea groups is 1. The van der Waals surface area contributed by atoms with Crippen LogP contribution in [0.25, 0.3) is 0 Å². The Morgan fingerprint density at radius 1 is 1.38 bits per heavy atom. The molecule has 2 aliphatic rings. The van der Waals surface area contributed by atoms with Crippen LogP contribution in [0.3, 0.4) is 0 Å². The Morgan fingerprint density at radius 3 is 2.93 bits per heavy atom. The number of nitrogens with zero attached hydrogens (tertiary/aromatic N) is 4. The first-order chi connectivity index (χ1) is 14.0. The number of anilines is 1. The maximum absolute atomic E-state index is 12.8. The summed E-state index contributed by atoms with van der Waals surface area (Å²) < 4.78 is 1.91. The van der Waals surface area contributed by atoms with E-state index in [4.69, 9.17) is 0 Å². The van der Waals surface area contributed by atoms with E-state index in [1.807, 2.05) is 42.8 Å². The number of rotatable bonds is 4. The molecule has 1 aromatic heterocycles. The summed E-state index contributed by atoms with van der Waals surface area (Å²) in [4.78, 5) is 28.8. The molecule has 2 N–H and O–H groups in total. The first kappa shape index (κ1) is 19.4. The van der Waals surface area contributed by atoms with Crippen molar-refractivity contribution >= 4 is 17.6 Å². The molecule has 0 unspecified atom stereocenters. The van der Waals surface area contributed by atoms with E-state index in [-0.39, 0.29) is 24.6 Å². The van der Waals surface area contributed by atoms with Crippen molar-refractivity contribution in [3.63, 3.8) is 0 Å². The maximum Gasteiger partial charge on any atom is 0.318 e. The highest BCUT2D eigenvalue weighted by Crippen LogP contribution is 2.25. The summed E-state index contributed by atoms with van der Waals surface area (Å²) in [6.07, 6.45) is 1.01. The summed E-state index contributed by atoms with van der Waals surface area (Å²) in [6.45, 7) is 6.13. The van der Waals surface area contributed by atoms with Gasteiger partial charge in [-0.15, -0.1) is 0 Å². The summed E-state index contributed by atoms with van der Waals surface area (Å²) in [6, 6.07) is 7.44. The van der Waals surface area contributed by atoms with E-state index in [0.29, 0.717) is 38.2 Å². The predicted octanol–water partition coefficient (Wildman–Crippen LogP) is 1.58. The molecule has 1 atom stereocenters. The lowest BCUT2D eigenvalue weighted by Gasteiger charge is -2.29. The van der Waals surface area contributed by atoms with Gasteiger partial charge in [-0.25, -0.2) is 4.79 Å². The fraction of sp³-hybridized carbons (Fsp3) is 0.476. The topological polar surface area (TPSA) is 90.7 Å². The molecule has 1 saturated heterocycles. The lowest BCUT2D eigenvalue weighted by Crippen LogP contribution is -2.47. The van der Waals surface area contributed by atoms with E-state index < -0.39 is 0 Å². The van der Waals surface area contributed by atoms with E-state index in [1.54, 1.807) is 9.80 Å². The van der Waals surface area contributed by atoms with Crippen LogP contribution in [0.1, 0.15) is 35.9 Å². The van der Waals surface area contributed by atoms with Crippen molar-refractivity contribution in [1.29, 1.82) is 0 Å². The van der Waals surface area contributed by atoms with Gasteiger partial charge in [0.05, 0.1) is 24.9 Å². The van der Waals surface area contributed by atoms with Crippen LogP contribution in [0, 0.1) is 6.92 Å².